The zero-order valence-corrected chi connectivity index (χ0v) is 19.0. The molecule has 1 aromatic carbocycles. The van der Waals surface area contributed by atoms with Crippen molar-refractivity contribution in [1.82, 2.24) is 15.0 Å². The van der Waals surface area contributed by atoms with E-state index in [0.717, 1.165) is 23.8 Å². The van der Waals surface area contributed by atoms with Crippen LogP contribution in [-0.2, 0) is 14.5 Å². The average Bonchev–Trinajstić information content (AvgIpc) is 2.74. The standard InChI is InChI=1S/C22H24N6O3S/c1-14-10-16(28-32(2,3)29)11-19-20(14)21(25-13-24-19)27-18-5-4-15(12-23)26-22(18)31-17-6-8-30-9-7-17/h4-5,10-11,13,17H,6-9H2,1-3H3,(H,24,25,27). The Kier molecular flexibility index (Phi) is 6.21. The molecule has 0 amide bonds. The van der Waals surface area contributed by atoms with Gasteiger partial charge >= 0.3 is 0 Å². The molecule has 10 heteroatoms. The minimum atomic E-state index is -2.29. The van der Waals surface area contributed by atoms with Gasteiger partial charge in [0.15, 0.2) is 0 Å². The zero-order valence-electron chi connectivity index (χ0n) is 18.2. The molecule has 0 aliphatic carbocycles. The third kappa shape index (κ3) is 5.12. The molecule has 1 aliphatic rings. The Morgan fingerprint density at radius 1 is 1.25 bits per heavy atom. The first kappa shape index (κ1) is 21.9. The lowest BCUT2D eigenvalue weighted by Gasteiger charge is -2.24. The Hall–Kier alpha value is -3.29. The summed E-state index contributed by atoms with van der Waals surface area (Å²) < 4.78 is 27.9. The van der Waals surface area contributed by atoms with E-state index in [0.29, 0.717) is 41.8 Å². The smallest absolute Gasteiger partial charge is 0.239 e. The van der Waals surface area contributed by atoms with Crippen molar-refractivity contribution < 1.29 is 13.7 Å². The molecule has 4 rings (SSSR count). The lowest BCUT2D eigenvalue weighted by atomic mass is 10.1. The minimum absolute atomic E-state index is 0.0308. The van der Waals surface area contributed by atoms with Gasteiger partial charge < -0.3 is 14.8 Å². The van der Waals surface area contributed by atoms with E-state index in [9.17, 15) is 9.47 Å². The van der Waals surface area contributed by atoms with Gasteiger partial charge in [-0.05, 0) is 36.8 Å². The van der Waals surface area contributed by atoms with Crippen molar-refractivity contribution in [2.45, 2.75) is 25.9 Å². The Morgan fingerprint density at radius 3 is 2.75 bits per heavy atom. The molecule has 0 spiro atoms. The van der Waals surface area contributed by atoms with Gasteiger partial charge in [0.2, 0.25) is 5.88 Å². The van der Waals surface area contributed by atoms with E-state index in [4.69, 9.17) is 9.47 Å². The summed E-state index contributed by atoms with van der Waals surface area (Å²) in [4.78, 5) is 13.2. The number of aromatic nitrogens is 3. The first-order valence-corrected chi connectivity index (χ1v) is 12.5. The molecule has 1 fully saturated rings. The number of nitrogens with one attached hydrogen (secondary N) is 1. The third-order valence-electron chi connectivity index (χ3n) is 4.92. The largest absolute Gasteiger partial charge is 0.473 e. The van der Waals surface area contributed by atoms with Crippen LogP contribution in [0.1, 0.15) is 24.1 Å². The van der Waals surface area contributed by atoms with E-state index in [1.165, 1.54) is 6.33 Å². The van der Waals surface area contributed by atoms with Crippen LogP contribution in [-0.4, -0.2) is 51.0 Å². The second kappa shape index (κ2) is 9.06. The summed E-state index contributed by atoms with van der Waals surface area (Å²) in [6.07, 6.45) is 6.14. The topological polar surface area (TPSA) is 122 Å². The van der Waals surface area contributed by atoms with Crippen LogP contribution < -0.4 is 10.1 Å². The van der Waals surface area contributed by atoms with Crippen molar-refractivity contribution in [2.75, 3.05) is 31.0 Å². The van der Waals surface area contributed by atoms with E-state index in [1.807, 2.05) is 13.0 Å². The number of nitriles is 1. The summed E-state index contributed by atoms with van der Waals surface area (Å²) in [7, 11) is -2.29. The number of benzene rings is 1. The van der Waals surface area contributed by atoms with Crippen molar-refractivity contribution in [3.63, 3.8) is 0 Å². The molecule has 2 aromatic heterocycles. The summed E-state index contributed by atoms with van der Waals surface area (Å²) in [6, 6.07) is 9.10. The SMILES string of the molecule is Cc1cc(N=S(C)(C)=O)cc2ncnc(Nc3ccc(C#N)nc3OC3CCOCC3)c12. The highest BCUT2D eigenvalue weighted by Crippen LogP contribution is 2.33. The van der Waals surface area contributed by atoms with Crippen molar-refractivity contribution in [2.24, 2.45) is 4.36 Å². The van der Waals surface area contributed by atoms with Gasteiger partial charge in [-0.25, -0.2) is 19.2 Å². The highest BCUT2D eigenvalue weighted by Gasteiger charge is 2.19. The fourth-order valence-electron chi connectivity index (χ4n) is 3.54. The highest BCUT2D eigenvalue weighted by atomic mass is 32.2. The molecule has 166 valence electrons. The molecule has 0 radical (unpaired) electrons. The van der Waals surface area contributed by atoms with E-state index >= 15 is 0 Å². The van der Waals surface area contributed by atoms with Gasteiger partial charge in [-0.3, -0.25) is 0 Å². The highest BCUT2D eigenvalue weighted by molar-refractivity contribution is 7.92. The second-order valence-corrected chi connectivity index (χ2v) is 10.4. The second-order valence-electron chi connectivity index (χ2n) is 7.87. The predicted octanol–water partition coefficient (Wildman–Crippen LogP) is 3.87. The Balaban J connectivity index is 1.73. The van der Waals surface area contributed by atoms with Crippen molar-refractivity contribution in [3.8, 4) is 11.9 Å². The number of pyridine rings is 1. The number of ether oxygens (including phenoxy) is 2. The number of hydrogen-bond acceptors (Lipinski definition) is 9. The number of nitrogens with zero attached hydrogens (tertiary/aromatic N) is 5. The molecule has 3 aromatic rings. The maximum absolute atomic E-state index is 12.1. The van der Waals surface area contributed by atoms with Gasteiger partial charge in [-0.1, -0.05) is 0 Å². The van der Waals surface area contributed by atoms with Crippen LogP contribution in [0.3, 0.4) is 0 Å². The molecule has 0 bridgehead atoms. The van der Waals surface area contributed by atoms with Crippen LogP contribution in [0.5, 0.6) is 5.88 Å². The van der Waals surface area contributed by atoms with Gasteiger partial charge in [0.1, 0.15) is 35.7 Å². The molecule has 1 N–H and O–H groups in total. The van der Waals surface area contributed by atoms with Crippen molar-refractivity contribution in [3.05, 3.63) is 41.9 Å². The Labute approximate surface area is 187 Å². The van der Waals surface area contributed by atoms with E-state index in [2.05, 4.69) is 30.7 Å². The molecule has 0 saturated carbocycles. The van der Waals surface area contributed by atoms with Crippen molar-refractivity contribution in [1.29, 1.82) is 5.26 Å². The molecule has 1 saturated heterocycles. The molecule has 3 heterocycles. The van der Waals surface area contributed by atoms with Crippen LogP contribution in [0.2, 0.25) is 0 Å². The summed E-state index contributed by atoms with van der Waals surface area (Å²) in [6.45, 7) is 3.20. The monoisotopic (exact) mass is 452 g/mol. The van der Waals surface area contributed by atoms with Gasteiger partial charge in [0, 0.05) is 40.5 Å². The van der Waals surface area contributed by atoms with Crippen LogP contribution in [0.25, 0.3) is 10.9 Å². The van der Waals surface area contributed by atoms with Crippen molar-refractivity contribution >= 4 is 37.8 Å². The maximum atomic E-state index is 12.1. The quantitative estimate of drug-likeness (QED) is 0.619. The van der Waals surface area contributed by atoms with Gasteiger partial charge in [-0.2, -0.15) is 9.62 Å². The summed E-state index contributed by atoms with van der Waals surface area (Å²) in [5.74, 6) is 0.930. The van der Waals surface area contributed by atoms with Gasteiger partial charge in [-0.15, -0.1) is 0 Å². The third-order valence-corrected chi connectivity index (χ3v) is 5.57. The lowest BCUT2D eigenvalue weighted by Crippen LogP contribution is -2.26. The predicted molar refractivity (Wildman–Crippen MR) is 123 cm³/mol. The first-order valence-electron chi connectivity index (χ1n) is 10.2. The fourth-order valence-corrected chi connectivity index (χ4v) is 4.15. The van der Waals surface area contributed by atoms with Gasteiger partial charge in [0.25, 0.3) is 0 Å². The number of aryl methyl sites for hydroxylation is 1. The summed E-state index contributed by atoms with van der Waals surface area (Å²) in [5.41, 5.74) is 3.06. The van der Waals surface area contributed by atoms with Gasteiger partial charge in [0.05, 0.1) is 24.4 Å². The molecule has 9 nitrogen and oxygen atoms in total. The Morgan fingerprint density at radius 2 is 2.03 bits per heavy atom. The van der Waals surface area contributed by atoms with Crippen LogP contribution in [0.15, 0.2) is 35.0 Å². The lowest BCUT2D eigenvalue weighted by molar-refractivity contribution is 0.0240. The maximum Gasteiger partial charge on any atom is 0.239 e. The Bertz CT molecular complexity index is 1310. The van der Waals surface area contributed by atoms with E-state index < -0.39 is 9.73 Å². The number of anilines is 2. The molecule has 32 heavy (non-hydrogen) atoms. The molecule has 0 atom stereocenters. The molecule has 1 aliphatic heterocycles. The van der Waals surface area contributed by atoms with Crippen LogP contribution in [0, 0.1) is 18.3 Å². The number of rotatable bonds is 5. The normalized spacial score (nSPS) is 14.7. The van der Waals surface area contributed by atoms with Crippen LogP contribution >= 0.6 is 0 Å². The zero-order chi connectivity index (χ0) is 22.7. The van der Waals surface area contributed by atoms with E-state index in [-0.39, 0.29) is 11.8 Å². The minimum Gasteiger partial charge on any atom is -0.473 e. The fraction of sp³-hybridized carbons (Fsp3) is 0.364. The molecular formula is C22H24N6O3S. The summed E-state index contributed by atoms with van der Waals surface area (Å²) in [5, 5.41) is 13.4. The molecular weight excluding hydrogens is 428 g/mol. The summed E-state index contributed by atoms with van der Waals surface area (Å²) >= 11 is 0. The average molecular weight is 453 g/mol. The first-order chi connectivity index (χ1) is 15.3. The molecule has 0 unspecified atom stereocenters. The van der Waals surface area contributed by atoms with Crippen LogP contribution in [0.4, 0.5) is 17.2 Å². The number of hydrogen-bond donors (Lipinski definition) is 1. The number of fused-ring (bicyclic) bond motifs is 1. The van der Waals surface area contributed by atoms with E-state index in [1.54, 1.807) is 30.7 Å².